The van der Waals surface area contributed by atoms with Gasteiger partial charge < -0.3 is 4.74 Å². The number of hydrogen-bond donors (Lipinski definition) is 0. The van der Waals surface area contributed by atoms with Gasteiger partial charge in [-0.2, -0.15) is 4.68 Å². The molecule has 0 amide bonds. The van der Waals surface area contributed by atoms with Crippen LogP contribution in [0.2, 0.25) is 0 Å². The van der Waals surface area contributed by atoms with Crippen LogP contribution in [0.3, 0.4) is 0 Å². The van der Waals surface area contributed by atoms with E-state index in [0.717, 1.165) is 15.8 Å². The minimum Gasteiger partial charge on any atom is -0.462 e. The summed E-state index contributed by atoms with van der Waals surface area (Å²) in [6, 6.07) is 18.9. The average Bonchev–Trinajstić information content (AvgIpc) is 3.03. The summed E-state index contributed by atoms with van der Waals surface area (Å²) in [5.74, 6) is -0.422. The van der Waals surface area contributed by atoms with E-state index >= 15 is 0 Å². The van der Waals surface area contributed by atoms with Crippen LogP contribution in [0.25, 0.3) is 28.3 Å². The number of ether oxygens (including phenoxy) is 1. The maximum absolute atomic E-state index is 13.1. The second-order valence-corrected chi connectivity index (χ2v) is 6.74. The maximum atomic E-state index is 13.1. The van der Waals surface area contributed by atoms with E-state index in [-0.39, 0.29) is 18.4 Å². The van der Waals surface area contributed by atoms with E-state index in [2.05, 4.69) is 15.3 Å². The molecular weight excluding hydrogens is 370 g/mol. The van der Waals surface area contributed by atoms with Crippen molar-refractivity contribution in [3.63, 3.8) is 0 Å². The van der Waals surface area contributed by atoms with Gasteiger partial charge >= 0.3 is 11.7 Å². The molecule has 0 bridgehead atoms. The van der Waals surface area contributed by atoms with E-state index in [1.165, 1.54) is 4.40 Å². The number of aromatic nitrogens is 5. The molecule has 0 unspecified atom stereocenters. The van der Waals surface area contributed by atoms with Gasteiger partial charge in [0.25, 0.3) is 5.78 Å². The van der Waals surface area contributed by atoms with Crippen LogP contribution < -0.4 is 5.69 Å². The normalized spacial score (nSPS) is 11.1. The molecule has 0 spiro atoms. The summed E-state index contributed by atoms with van der Waals surface area (Å²) >= 11 is 0. The Labute approximate surface area is 166 Å². The average molecular weight is 389 g/mol. The van der Waals surface area contributed by atoms with Crippen molar-refractivity contribution >= 4 is 11.7 Å². The molecule has 146 valence electrons. The minimum atomic E-state index is -0.539. The van der Waals surface area contributed by atoms with Crippen LogP contribution in [0, 0.1) is 0 Å². The first kappa shape index (κ1) is 18.5. The maximum Gasteiger partial charge on any atom is 0.352 e. The van der Waals surface area contributed by atoms with E-state index < -0.39 is 11.7 Å². The fraction of sp³-hybridized carbons (Fsp3) is 0.190. The number of benzene rings is 2. The van der Waals surface area contributed by atoms with E-state index in [1.54, 1.807) is 13.8 Å². The van der Waals surface area contributed by atoms with Gasteiger partial charge in [0.05, 0.1) is 11.8 Å². The second-order valence-electron chi connectivity index (χ2n) is 6.74. The molecule has 2 aromatic carbocycles. The first-order valence-electron chi connectivity index (χ1n) is 9.21. The summed E-state index contributed by atoms with van der Waals surface area (Å²) in [7, 11) is 0. The Kier molecular flexibility index (Phi) is 4.90. The lowest BCUT2D eigenvalue weighted by Crippen LogP contribution is -2.27. The van der Waals surface area contributed by atoms with Gasteiger partial charge in [-0.3, -0.25) is 4.79 Å². The van der Waals surface area contributed by atoms with E-state index in [4.69, 9.17) is 4.74 Å². The molecule has 8 nitrogen and oxygen atoms in total. The molecule has 0 saturated carbocycles. The molecule has 4 rings (SSSR count). The first-order valence-corrected chi connectivity index (χ1v) is 9.21. The van der Waals surface area contributed by atoms with Gasteiger partial charge in [0.15, 0.2) is 0 Å². The number of nitrogens with zero attached hydrogens (tertiary/aromatic N) is 5. The summed E-state index contributed by atoms with van der Waals surface area (Å²) in [6.07, 6.45) is -0.278. The van der Waals surface area contributed by atoms with Crippen molar-refractivity contribution < 1.29 is 9.53 Å². The Hall–Kier alpha value is -3.81. The van der Waals surface area contributed by atoms with Crippen LogP contribution in [0.15, 0.2) is 65.5 Å². The van der Waals surface area contributed by atoms with Crippen LogP contribution in [0.1, 0.15) is 13.8 Å². The van der Waals surface area contributed by atoms with Crippen LogP contribution >= 0.6 is 0 Å². The van der Waals surface area contributed by atoms with E-state index in [1.807, 2.05) is 60.7 Å². The smallest absolute Gasteiger partial charge is 0.352 e. The van der Waals surface area contributed by atoms with Crippen molar-refractivity contribution in [2.75, 3.05) is 0 Å². The molecule has 2 heterocycles. The molecule has 0 radical (unpaired) electrons. The quantitative estimate of drug-likeness (QED) is 0.487. The van der Waals surface area contributed by atoms with Gasteiger partial charge in [-0.15, -0.1) is 15.3 Å². The molecular formula is C21H19N5O3. The van der Waals surface area contributed by atoms with Gasteiger partial charge in [0, 0.05) is 11.1 Å². The lowest BCUT2D eigenvalue weighted by Gasteiger charge is -2.09. The zero-order valence-corrected chi connectivity index (χ0v) is 16.0. The minimum absolute atomic E-state index is 0.117. The Bertz CT molecular complexity index is 1210. The van der Waals surface area contributed by atoms with Crippen molar-refractivity contribution in [3.8, 4) is 22.5 Å². The van der Waals surface area contributed by atoms with Crippen molar-refractivity contribution in [3.05, 3.63) is 71.1 Å². The summed E-state index contributed by atoms with van der Waals surface area (Å²) in [5, 5.41) is 12.6. The van der Waals surface area contributed by atoms with Gasteiger partial charge in [-0.25, -0.2) is 9.20 Å². The molecule has 0 aliphatic heterocycles. The van der Waals surface area contributed by atoms with Crippen molar-refractivity contribution in [1.82, 2.24) is 24.4 Å². The third-order valence-corrected chi connectivity index (χ3v) is 4.25. The SMILES string of the molecule is CC(C)OC(=O)Cn1nc2nnc(-c3ccccc3)c(-c3ccccc3)n2c1=O. The number of carbonyl (C=O) groups excluding carboxylic acids is 1. The molecule has 0 saturated heterocycles. The van der Waals surface area contributed by atoms with E-state index in [9.17, 15) is 9.59 Å². The highest BCUT2D eigenvalue weighted by Crippen LogP contribution is 2.29. The summed E-state index contributed by atoms with van der Waals surface area (Å²) in [5.41, 5.74) is 2.25. The Morgan fingerprint density at radius 2 is 1.59 bits per heavy atom. The molecule has 0 aliphatic carbocycles. The van der Waals surface area contributed by atoms with Crippen LogP contribution in [-0.4, -0.2) is 36.5 Å². The molecule has 0 aliphatic rings. The highest BCUT2D eigenvalue weighted by Gasteiger charge is 2.21. The third-order valence-electron chi connectivity index (χ3n) is 4.25. The summed E-state index contributed by atoms with van der Waals surface area (Å²) < 4.78 is 7.56. The zero-order valence-electron chi connectivity index (χ0n) is 16.0. The van der Waals surface area contributed by atoms with E-state index in [0.29, 0.717) is 11.4 Å². The van der Waals surface area contributed by atoms with Crippen molar-refractivity contribution in [1.29, 1.82) is 0 Å². The topological polar surface area (TPSA) is 91.4 Å². The number of carbonyl (C=O) groups is 1. The second kappa shape index (κ2) is 7.67. The number of hydrogen-bond acceptors (Lipinski definition) is 6. The molecule has 4 aromatic rings. The fourth-order valence-corrected chi connectivity index (χ4v) is 3.08. The van der Waals surface area contributed by atoms with Crippen LogP contribution in [0.5, 0.6) is 0 Å². The number of fused-ring (bicyclic) bond motifs is 1. The number of rotatable bonds is 5. The number of esters is 1. The summed E-state index contributed by atoms with van der Waals surface area (Å²) in [6.45, 7) is 3.19. The van der Waals surface area contributed by atoms with Gasteiger partial charge in [-0.1, -0.05) is 60.7 Å². The molecule has 0 atom stereocenters. The first-order chi connectivity index (χ1) is 14.0. The standard InChI is InChI=1S/C21H19N5O3/c1-14(2)29-17(27)13-25-21(28)26-19(16-11-7-4-8-12-16)18(22-23-20(26)24-25)15-9-5-3-6-10-15/h3-12,14H,13H2,1-2H3. The van der Waals surface area contributed by atoms with Gasteiger partial charge in [0.1, 0.15) is 12.2 Å². The Morgan fingerprint density at radius 1 is 0.966 bits per heavy atom. The van der Waals surface area contributed by atoms with Crippen LogP contribution in [0.4, 0.5) is 0 Å². The Morgan fingerprint density at radius 3 is 2.21 bits per heavy atom. The fourth-order valence-electron chi connectivity index (χ4n) is 3.08. The lowest BCUT2D eigenvalue weighted by molar-refractivity contribution is -0.148. The monoisotopic (exact) mass is 389 g/mol. The molecule has 2 aromatic heterocycles. The molecule has 8 heteroatoms. The van der Waals surface area contributed by atoms with Gasteiger partial charge in [0.2, 0.25) is 0 Å². The van der Waals surface area contributed by atoms with Crippen LogP contribution in [-0.2, 0) is 16.1 Å². The Balaban J connectivity index is 1.94. The predicted molar refractivity (Wildman–Crippen MR) is 107 cm³/mol. The highest BCUT2D eigenvalue weighted by molar-refractivity contribution is 5.79. The highest BCUT2D eigenvalue weighted by atomic mass is 16.5. The van der Waals surface area contributed by atoms with Crippen molar-refractivity contribution in [2.45, 2.75) is 26.5 Å². The van der Waals surface area contributed by atoms with Gasteiger partial charge in [-0.05, 0) is 13.8 Å². The molecule has 0 fully saturated rings. The zero-order chi connectivity index (χ0) is 20.4. The molecule has 0 N–H and O–H groups in total. The van der Waals surface area contributed by atoms with Crippen molar-refractivity contribution in [2.24, 2.45) is 0 Å². The molecule has 29 heavy (non-hydrogen) atoms. The third kappa shape index (κ3) is 3.64. The lowest BCUT2D eigenvalue weighted by atomic mass is 10.0. The predicted octanol–water partition coefficient (Wildman–Crippen LogP) is 2.57. The largest absolute Gasteiger partial charge is 0.462 e. The summed E-state index contributed by atoms with van der Waals surface area (Å²) in [4.78, 5) is 25.1.